The van der Waals surface area contributed by atoms with E-state index >= 15 is 0 Å². The van der Waals surface area contributed by atoms with Crippen LogP contribution < -0.4 is 10.6 Å². The number of aromatic nitrogens is 4. The number of anilines is 1. The fourth-order valence-corrected chi connectivity index (χ4v) is 3.86. The predicted molar refractivity (Wildman–Crippen MR) is 98.0 cm³/mol. The van der Waals surface area contributed by atoms with Crippen molar-refractivity contribution in [2.45, 2.75) is 51.2 Å². The summed E-state index contributed by atoms with van der Waals surface area (Å²) in [6, 6.07) is 6.21. The first kappa shape index (κ1) is 16.7. The maximum atomic E-state index is 12.5. The SMILES string of the molecule is CC(C)(C)n1nnnc1-c1cc(Br)cc(NC(=O)C2CC3CC3N2)c1. The van der Waals surface area contributed by atoms with Gasteiger partial charge in [0.15, 0.2) is 5.82 Å². The molecule has 2 heterocycles. The minimum absolute atomic E-state index is 0.0201. The van der Waals surface area contributed by atoms with Gasteiger partial charge in [0.05, 0.1) is 11.6 Å². The molecule has 1 aromatic carbocycles. The van der Waals surface area contributed by atoms with E-state index in [4.69, 9.17) is 0 Å². The van der Waals surface area contributed by atoms with E-state index in [1.165, 1.54) is 6.42 Å². The minimum Gasteiger partial charge on any atom is -0.325 e. The van der Waals surface area contributed by atoms with Gasteiger partial charge in [-0.3, -0.25) is 4.79 Å². The largest absolute Gasteiger partial charge is 0.325 e. The number of nitrogens with zero attached hydrogens (tertiary/aromatic N) is 4. The van der Waals surface area contributed by atoms with E-state index in [0.717, 1.165) is 22.1 Å². The lowest BCUT2D eigenvalue weighted by Crippen LogP contribution is -2.38. The summed E-state index contributed by atoms with van der Waals surface area (Å²) < 4.78 is 2.65. The highest BCUT2D eigenvalue weighted by Gasteiger charge is 2.47. The van der Waals surface area contributed by atoms with Crippen molar-refractivity contribution in [3.05, 3.63) is 22.7 Å². The number of tetrazole rings is 1. The van der Waals surface area contributed by atoms with Gasteiger partial charge in [0.25, 0.3) is 0 Å². The topological polar surface area (TPSA) is 84.7 Å². The molecule has 2 aromatic rings. The Kier molecular flexibility index (Phi) is 3.92. The second-order valence-corrected chi connectivity index (χ2v) is 8.78. The van der Waals surface area contributed by atoms with Crippen LogP contribution in [-0.4, -0.2) is 38.2 Å². The third kappa shape index (κ3) is 3.32. The summed E-state index contributed by atoms with van der Waals surface area (Å²) in [4.78, 5) is 12.5. The van der Waals surface area contributed by atoms with E-state index in [0.29, 0.717) is 17.8 Å². The van der Waals surface area contributed by atoms with Crippen LogP contribution in [0.3, 0.4) is 0 Å². The van der Waals surface area contributed by atoms with E-state index in [1.54, 1.807) is 4.68 Å². The molecule has 25 heavy (non-hydrogen) atoms. The lowest BCUT2D eigenvalue weighted by atomic mass is 10.1. The summed E-state index contributed by atoms with van der Waals surface area (Å²) in [5, 5.41) is 18.5. The van der Waals surface area contributed by atoms with Crippen LogP contribution in [0.1, 0.15) is 33.6 Å². The van der Waals surface area contributed by atoms with Gasteiger partial charge in [0, 0.05) is 21.8 Å². The van der Waals surface area contributed by atoms with Crippen LogP contribution in [0.5, 0.6) is 0 Å². The van der Waals surface area contributed by atoms with E-state index in [9.17, 15) is 4.79 Å². The second kappa shape index (κ2) is 5.88. The average Bonchev–Trinajstić information content (AvgIpc) is 2.97. The molecule has 1 aliphatic carbocycles. The molecule has 1 amide bonds. The Balaban J connectivity index is 1.59. The number of benzene rings is 1. The zero-order valence-electron chi connectivity index (χ0n) is 14.5. The van der Waals surface area contributed by atoms with E-state index in [2.05, 4.69) is 42.1 Å². The fraction of sp³-hybridized carbons (Fsp3) is 0.529. The number of carbonyl (C=O) groups excluding carboxylic acids is 1. The van der Waals surface area contributed by atoms with E-state index in [1.807, 2.05) is 39.0 Å². The third-order valence-corrected chi connectivity index (χ3v) is 5.18. The Hall–Kier alpha value is -1.80. The number of piperidine rings is 1. The number of hydrogen-bond donors (Lipinski definition) is 2. The molecule has 2 N–H and O–H groups in total. The van der Waals surface area contributed by atoms with Crippen molar-refractivity contribution >= 4 is 27.5 Å². The lowest BCUT2D eigenvalue weighted by molar-refractivity contribution is -0.118. The van der Waals surface area contributed by atoms with Gasteiger partial charge in [-0.05, 0) is 68.2 Å². The lowest BCUT2D eigenvalue weighted by Gasteiger charge is -2.20. The highest BCUT2D eigenvalue weighted by atomic mass is 79.9. The highest BCUT2D eigenvalue weighted by molar-refractivity contribution is 9.10. The first-order valence-corrected chi connectivity index (χ1v) is 9.27. The van der Waals surface area contributed by atoms with Crippen LogP contribution in [0.4, 0.5) is 5.69 Å². The predicted octanol–water partition coefficient (Wildman–Crippen LogP) is 2.55. The van der Waals surface area contributed by atoms with E-state index < -0.39 is 0 Å². The molecule has 2 fully saturated rings. The van der Waals surface area contributed by atoms with Gasteiger partial charge in [-0.2, -0.15) is 0 Å². The Morgan fingerprint density at radius 2 is 2.12 bits per heavy atom. The van der Waals surface area contributed by atoms with Gasteiger partial charge in [-0.1, -0.05) is 15.9 Å². The summed E-state index contributed by atoms with van der Waals surface area (Å²) in [6.45, 7) is 6.14. The Labute approximate surface area is 154 Å². The van der Waals surface area contributed by atoms with Crippen molar-refractivity contribution in [2.24, 2.45) is 5.92 Å². The monoisotopic (exact) mass is 404 g/mol. The zero-order chi connectivity index (χ0) is 17.8. The fourth-order valence-electron chi connectivity index (χ4n) is 3.36. The quantitative estimate of drug-likeness (QED) is 0.820. The van der Waals surface area contributed by atoms with Crippen LogP contribution in [0.25, 0.3) is 11.4 Å². The molecule has 0 spiro atoms. The normalized spacial score (nSPS) is 24.9. The first-order valence-electron chi connectivity index (χ1n) is 8.48. The van der Waals surface area contributed by atoms with Crippen molar-refractivity contribution in [3.8, 4) is 11.4 Å². The van der Waals surface area contributed by atoms with Gasteiger partial charge in [0.1, 0.15) is 0 Å². The molecule has 1 aliphatic heterocycles. The smallest absolute Gasteiger partial charge is 0.241 e. The standard InChI is InChI=1S/C17H21BrN6O/c1-17(2,3)24-15(21-22-23-24)10-4-11(18)8-12(5-10)19-16(25)14-7-9-6-13(9)20-14/h4-5,8-9,13-14,20H,6-7H2,1-3H3,(H,19,25). The summed E-state index contributed by atoms with van der Waals surface area (Å²) in [6.07, 6.45) is 2.14. The molecule has 3 unspecified atom stereocenters. The van der Waals surface area contributed by atoms with Crippen LogP contribution in [-0.2, 0) is 10.3 Å². The maximum absolute atomic E-state index is 12.5. The van der Waals surface area contributed by atoms with Crippen LogP contribution in [0, 0.1) is 5.92 Å². The van der Waals surface area contributed by atoms with Crippen molar-refractivity contribution in [3.63, 3.8) is 0 Å². The number of halogens is 1. The molecule has 3 atom stereocenters. The molecule has 0 radical (unpaired) electrons. The molecular formula is C17H21BrN6O. The second-order valence-electron chi connectivity index (χ2n) is 7.86. The summed E-state index contributed by atoms with van der Waals surface area (Å²) in [5.41, 5.74) is 1.35. The molecule has 1 saturated carbocycles. The Morgan fingerprint density at radius 3 is 2.80 bits per heavy atom. The molecule has 4 rings (SSSR count). The number of nitrogens with one attached hydrogen (secondary N) is 2. The van der Waals surface area contributed by atoms with Gasteiger partial charge in [-0.25, -0.2) is 4.68 Å². The van der Waals surface area contributed by atoms with Crippen molar-refractivity contribution in [1.29, 1.82) is 0 Å². The molecule has 7 nitrogen and oxygen atoms in total. The maximum Gasteiger partial charge on any atom is 0.241 e. The van der Waals surface area contributed by atoms with Gasteiger partial charge in [0.2, 0.25) is 5.91 Å². The molecule has 132 valence electrons. The molecule has 1 aromatic heterocycles. The summed E-state index contributed by atoms with van der Waals surface area (Å²) in [7, 11) is 0. The minimum atomic E-state index is -0.237. The van der Waals surface area contributed by atoms with Crippen molar-refractivity contribution < 1.29 is 4.79 Å². The molecular weight excluding hydrogens is 384 g/mol. The molecule has 2 aliphatic rings. The Bertz CT molecular complexity index is 817. The average molecular weight is 405 g/mol. The number of amides is 1. The summed E-state index contributed by atoms with van der Waals surface area (Å²) >= 11 is 3.52. The summed E-state index contributed by atoms with van der Waals surface area (Å²) in [5.74, 6) is 1.38. The number of carbonyl (C=O) groups is 1. The highest BCUT2D eigenvalue weighted by Crippen LogP contribution is 2.41. The number of hydrogen-bond acceptors (Lipinski definition) is 5. The zero-order valence-corrected chi connectivity index (χ0v) is 16.0. The third-order valence-electron chi connectivity index (χ3n) is 4.72. The van der Waals surface area contributed by atoms with Gasteiger partial charge < -0.3 is 10.6 Å². The van der Waals surface area contributed by atoms with Crippen molar-refractivity contribution in [1.82, 2.24) is 25.5 Å². The van der Waals surface area contributed by atoms with Gasteiger partial charge in [-0.15, -0.1) is 5.10 Å². The molecule has 0 bridgehead atoms. The first-order chi connectivity index (χ1) is 11.8. The molecule has 1 saturated heterocycles. The van der Waals surface area contributed by atoms with Crippen molar-refractivity contribution in [2.75, 3.05) is 5.32 Å². The van der Waals surface area contributed by atoms with Crippen LogP contribution in [0.15, 0.2) is 22.7 Å². The Morgan fingerprint density at radius 1 is 1.32 bits per heavy atom. The van der Waals surface area contributed by atoms with Crippen LogP contribution in [0.2, 0.25) is 0 Å². The van der Waals surface area contributed by atoms with E-state index in [-0.39, 0.29) is 17.5 Å². The van der Waals surface area contributed by atoms with Crippen LogP contribution >= 0.6 is 15.9 Å². The number of rotatable bonds is 3. The van der Waals surface area contributed by atoms with Gasteiger partial charge >= 0.3 is 0 Å². The number of fused-ring (bicyclic) bond motifs is 1. The molecule has 8 heteroatoms.